The SMILES string of the molecule is C#CCOc1c(I)cc(I)cc1C=C1SC(=N)NC1=O. The zero-order chi connectivity index (χ0) is 14.7. The van der Waals surface area contributed by atoms with Crippen molar-refractivity contribution in [2.24, 2.45) is 0 Å². The lowest BCUT2D eigenvalue weighted by atomic mass is 10.2. The molecule has 1 aromatic carbocycles. The van der Waals surface area contributed by atoms with Crippen molar-refractivity contribution < 1.29 is 9.53 Å². The summed E-state index contributed by atoms with van der Waals surface area (Å²) >= 11 is 5.47. The third kappa shape index (κ3) is 3.67. The average Bonchev–Trinajstić information content (AvgIpc) is 2.66. The number of amidine groups is 1. The van der Waals surface area contributed by atoms with E-state index in [4.69, 9.17) is 16.6 Å². The van der Waals surface area contributed by atoms with Gasteiger partial charge in [0.2, 0.25) is 0 Å². The lowest BCUT2D eigenvalue weighted by Gasteiger charge is -2.10. The van der Waals surface area contributed by atoms with Gasteiger partial charge >= 0.3 is 0 Å². The minimum absolute atomic E-state index is 0.132. The van der Waals surface area contributed by atoms with E-state index < -0.39 is 0 Å². The highest BCUT2D eigenvalue weighted by atomic mass is 127. The predicted octanol–water partition coefficient (Wildman–Crippen LogP) is 3.05. The zero-order valence-corrected chi connectivity index (χ0v) is 15.1. The van der Waals surface area contributed by atoms with Crippen molar-refractivity contribution in [2.45, 2.75) is 0 Å². The fourth-order valence-electron chi connectivity index (χ4n) is 1.54. The average molecular weight is 510 g/mol. The molecule has 0 aromatic heterocycles. The van der Waals surface area contributed by atoms with Crippen LogP contribution in [0.1, 0.15) is 5.56 Å². The first-order valence-corrected chi connectivity index (χ1v) is 8.33. The number of hydrogen-bond donors (Lipinski definition) is 2. The number of carbonyl (C=O) groups is 1. The van der Waals surface area contributed by atoms with Crippen LogP contribution in [0.15, 0.2) is 17.0 Å². The highest BCUT2D eigenvalue weighted by Gasteiger charge is 2.23. The first-order chi connectivity index (χ1) is 9.51. The van der Waals surface area contributed by atoms with Gasteiger partial charge in [-0.3, -0.25) is 10.2 Å². The van der Waals surface area contributed by atoms with Crippen LogP contribution in [0.25, 0.3) is 6.08 Å². The molecule has 0 bridgehead atoms. The van der Waals surface area contributed by atoms with Crippen LogP contribution in [0, 0.1) is 24.9 Å². The van der Waals surface area contributed by atoms with Crippen molar-refractivity contribution in [1.29, 1.82) is 5.41 Å². The largest absolute Gasteiger partial charge is 0.479 e. The van der Waals surface area contributed by atoms with Crippen LogP contribution >= 0.6 is 56.9 Å². The Morgan fingerprint density at radius 2 is 2.25 bits per heavy atom. The quantitative estimate of drug-likeness (QED) is 0.374. The van der Waals surface area contributed by atoms with Crippen LogP contribution in [0.2, 0.25) is 0 Å². The molecule has 20 heavy (non-hydrogen) atoms. The van der Waals surface area contributed by atoms with Gasteiger partial charge in [-0.2, -0.15) is 0 Å². The van der Waals surface area contributed by atoms with Gasteiger partial charge in [0.05, 0.1) is 8.48 Å². The van der Waals surface area contributed by atoms with Crippen molar-refractivity contribution in [3.63, 3.8) is 0 Å². The van der Waals surface area contributed by atoms with Gasteiger partial charge in [0.1, 0.15) is 12.4 Å². The van der Waals surface area contributed by atoms with Crippen LogP contribution < -0.4 is 10.1 Å². The van der Waals surface area contributed by atoms with E-state index in [1.165, 1.54) is 0 Å². The number of carbonyl (C=O) groups excluding carboxylic acids is 1. The summed E-state index contributed by atoms with van der Waals surface area (Å²) in [4.78, 5) is 12.1. The van der Waals surface area contributed by atoms with Crippen molar-refractivity contribution >= 4 is 74.1 Å². The maximum Gasteiger partial charge on any atom is 0.264 e. The second-order valence-corrected chi connectivity index (χ2v) is 7.15. The molecule has 1 amide bonds. The Morgan fingerprint density at radius 3 is 2.85 bits per heavy atom. The molecule has 0 aliphatic carbocycles. The number of benzene rings is 1. The summed E-state index contributed by atoms with van der Waals surface area (Å²) in [7, 11) is 0. The van der Waals surface area contributed by atoms with Crippen molar-refractivity contribution in [2.75, 3.05) is 6.61 Å². The van der Waals surface area contributed by atoms with Crippen molar-refractivity contribution in [3.05, 3.63) is 29.7 Å². The highest BCUT2D eigenvalue weighted by molar-refractivity contribution is 14.1. The molecule has 1 aliphatic rings. The van der Waals surface area contributed by atoms with Gasteiger partial charge < -0.3 is 10.1 Å². The lowest BCUT2D eigenvalue weighted by molar-refractivity contribution is -0.115. The van der Waals surface area contributed by atoms with Crippen molar-refractivity contribution in [1.82, 2.24) is 5.32 Å². The molecule has 7 heteroatoms. The number of ether oxygens (including phenoxy) is 1. The summed E-state index contributed by atoms with van der Waals surface area (Å²) in [5.74, 6) is 2.82. The van der Waals surface area contributed by atoms with Gasteiger partial charge in [0, 0.05) is 9.13 Å². The smallest absolute Gasteiger partial charge is 0.264 e. The fourth-order valence-corrected chi connectivity index (χ4v) is 4.28. The number of halogens is 2. The van der Waals surface area contributed by atoms with Crippen LogP contribution in [0.5, 0.6) is 5.75 Å². The molecule has 0 unspecified atom stereocenters. The summed E-state index contributed by atoms with van der Waals surface area (Å²) in [6, 6.07) is 3.89. The predicted molar refractivity (Wildman–Crippen MR) is 97.6 cm³/mol. The van der Waals surface area contributed by atoms with Crippen molar-refractivity contribution in [3.8, 4) is 18.1 Å². The normalized spacial score (nSPS) is 16.1. The number of amides is 1. The third-order valence-corrected chi connectivity index (χ3v) is 4.54. The van der Waals surface area contributed by atoms with Crippen LogP contribution in [0.4, 0.5) is 0 Å². The molecule has 0 saturated carbocycles. The van der Waals surface area contributed by atoms with Gasteiger partial charge in [0.15, 0.2) is 5.17 Å². The van der Waals surface area contributed by atoms with Gasteiger partial charge in [-0.1, -0.05) is 5.92 Å². The molecule has 0 atom stereocenters. The molecule has 2 N–H and O–H groups in total. The minimum atomic E-state index is -0.267. The molecule has 102 valence electrons. The second kappa shape index (κ2) is 6.82. The standard InChI is InChI=1S/C13H8I2N2O2S/c1-2-3-19-11-7(4-8(14)6-9(11)15)5-10-12(18)17-13(16)20-10/h1,4-6H,3H2,(H2,16,17,18). The first-order valence-electron chi connectivity index (χ1n) is 5.36. The van der Waals surface area contributed by atoms with E-state index in [2.05, 4.69) is 56.4 Å². The molecular formula is C13H8I2N2O2S. The fraction of sp³-hybridized carbons (Fsp3) is 0.0769. The molecule has 1 fully saturated rings. The van der Waals surface area contributed by atoms with Gasteiger partial charge in [-0.15, -0.1) is 6.42 Å². The maximum absolute atomic E-state index is 11.7. The van der Waals surface area contributed by atoms with E-state index in [0.717, 1.165) is 24.5 Å². The Hall–Kier alpha value is -0.730. The molecule has 0 radical (unpaired) electrons. The number of hydrogen-bond acceptors (Lipinski definition) is 4. The van der Waals surface area contributed by atoms with Gasteiger partial charge in [-0.25, -0.2) is 0 Å². The molecule has 1 heterocycles. The molecule has 1 saturated heterocycles. The van der Waals surface area contributed by atoms with Crippen LogP contribution in [0.3, 0.4) is 0 Å². The second-order valence-electron chi connectivity index (χ2n) is 3.69. The monoisotopic (exact) mass is 510 g/mol. The third-order valence-electron chi connectivity index (χ3n) is 2.29. The number of rotatable bonds is 3. The van der Waals surface area contributed by atoms with Crippen LogP contribution in [-0.2, 0) is 4.79 Å². The summed E-state index contributed by atoms with van der Waals surface area (Å²) in [5, 5.41) is 10.0. The Labute approximate surface area is 147 Å². The van der Waals surface area contributed by atoms with Gasteiger partial charge in [0.25, 0.3) is 5.91 Å². The summed E-state index contributed by atoms with van der Waals surface area (Å²) < 4.78 is 7.52. The van der Waals surface area contributed by atoms with E-state index in [1.54, 1.807) is 6.08 Å². The van der Waals surface area contributed by atoms with E-state index in [1.807, 2.05) is 12.1 Å². The maximum atomic E-state index is 11.7. The molecule has 2 rings (SSSR count). The molecule has 0 spiro atoms. The minimum Gasteiger partial charge on any atom is -0.479 e. The molecule has 1 aromatic rings. The Kier molecular flexibility index (Phi) is 5.34. The summed E-state index contributed by atoms with van der Waals surface area (Å²) in [6.07, 6.45) is 6.94. The first kappa shape index (κ1) is 15.7. The molecular weight excluding hydrogens is 502 g/mol. The summed E-state index contributed by atoms with van der Waals surface area (Å²) in [5.41, 5.74) is 0.781. The lowest BCUT2D eigenvalue weighted by Crippen LogP contribution is -2.18. The zero-order valence-electron chi connectivity index (χ0n) is 10.00. The van der Waals surface area contributed by atoms with Gasteiger partial charge in [-0.05, 0) is 75.2 Å². The number of terminal acetylenes is 1. The number of thioether (sulfide) groups is 1. The van der Waals surface area contributed by atoms with E-state index >= 15 is 0 Å². The van der Waals surface area contributed by atoms with Crippen LogP contribution in [-0.4, -0.2) is 17.7 Å². The summed E-state index contributed by atoms with van der Waals surface area (Å²) in [6.45, 7) is 0.169. The number of nitrogens with one attached hydrogen (secondary N) is 2. The Morgan fingerprint density at radius 1 is 1.50 bits per heavy atom. The van der Waals surface area contributed by atoms with E-state index in [9.17, 15) is 4.79 Å². The molecule has 1 aliphatic heterocycles. The highest BCUT2D eigenvalue weighted by Crippen LogP contribution is 2.33. The Bertz CT molecular complexity index is 665. The molecule has 4 nitrogen and oxygen atoms in total. The van der Waals surface area contributed by atoms with E-state index in [-0.39, 0.29) is 17.7 Å². The van der Waals surface area contributed by atoms with E-state index in [0.29, 0.717) is 10.7 Å². The topological polar surface area (TPSA) is 62.2 Å². The Balaban J connectivity index is 2.45.